The Morgan fingerprint density at radius 3 is 3.00 bits per heavy atom. The Hall–Kier alpha value is -0.300. The molecule has 0 aromatic carbocycles. The van der Waals surface area contributed by atoms with E-state index in [-0.39, 0.29) is 0 Å². The van der Waals surface area contributed by atoms with Gasteiger partial charge >= 0.3 is 0 Å². The van der Waals surface area contributed by atoms with Crippen LogP contribution in [0.1, 0.15) is 32.6 Å². The largest absolute Gasteiger partial charge is 0.396 e. The maximum absolute atomic E-state index is 8.95. The second-order valence-corrected chi connectivity index (χ2v) is 2.94. The fourth-order valence-corrected chi connectivity index (χ4v) is 1.65. The number of aliphatic hydroxyl groups excluding tert-OH is 1. The van der Waals surface area contributed by atoms with Gasteiger partial charge in [-0.15, -0.1) is 0 Å². The highest BCUT2D eigenvalue weighted by atomic mass is 16.3. The van der Waals surface area contributed by atoms with Crippen molar-refractivity contribution in [3.05, 3.63) is 11.6 Å². The zero-order chi connectivity index (χ0) is 7.40. The molecular weight excluding hydrogens is 124 g/mol. The van der Waals surface area contributed by atoms with Crippen LogP contribution in [0, 0.1) is 5.92 Å². The summed E-state index contributed by atoms with van der Waals surface area (Å²) in [7, 11) is 0. The normalized spacial score (nSPS) is 26.2. The molecule has 0 fully saturated rings. The molecule has 0 aliphatic heterocycles. The third-order valence-electron chi connectivity index (χ3n) is 2.32. The van der Waals surface area contributed by atoms with E-state index in [0.29, 0.717) is 12.5 Å². The summed E-state index contributed by atoms with van der Waals surface area (Å²) in [6.45, 7) is 2.51. The molecule has 1 heteroatoms. The van der Waals surface area contributed by atoms with Crippen LogP contribution in [-0.2, 0) is 0 Å². The third-order valence-corrected chi connectivity index (χ3v) is 2.32. The minimum atomic E-state index is 0.347. The van der Waals surface area contributed by atoms with Gasteiger partial charge < -0.3 is 5.11 Å². The van der Waals surface area contributed by atoms with Crippen LogP contribution in [0.3, 0.4) is 0 Å². The first-order valence-corrected chi connectivity index (χ1v) is 4.18. The second kappa shape index (κ2) is 3.77. The average Bonchev–Trinajstić information content (AvgIpc) is 2.04. The molecule has 0 radical (unpaired) electrons. The van der Waals surface area contributed by atoms with E-state index in [2.05, 4.69) is 13.0 Å². The van der Waals surface area contributed by atoms with E-state index in [1.54, 1.807) is 0 Å². The van der Waals surface area contributed by atoms with Crippen molar-refractivity contribution in [1.29, 1.82) is 0 Å². The maximum Gasteiger partial charge on any atom is 0.0496 e. The number of hydrogen-bond acceptors (Lipinski definition) is 1. The summed E-state index contributed by atoms with van der Waals surface area (Å²) < 4.78 is 0. The predicted octanol–water partition coefficient (Wildman–Crippen LogP) is 2.12. The van der Waals surface area contributed by atoms with Crippen LogP contribution in [-0.4, -0.2) is 11.7 Å². The molecule has 0 bridgehead atoms. The van der Waals surface area contributed by atoms with Crippen molar-refractivity contribution in [2.45, 2.75) is 32.6 Å². The Labute approximate surface area is 62.8 Å². The molecule has 1 aliphatic rings. The van der Waals surface area contributed by atoms with Crippen molar-refractivity contribution in [1.82, 2.24) is 0 Å². The first-order chi connectivity index (χ1) is 4.88. The van der Waals surface area contributed by atoms with E-state index in [4.69, 9.17) is 5.11 Å². The van der Waals surface area contributed by atoms with Gasteiger partial charge in [0.25, 0.3) is 0 Å². The van der Waals surface area contributed by atoms with Gasteiger partial charge in [-0.1, -0.05) is 18.6 Å². The number of allylic oxidation sites excluding steroid dienone is 1. The number of aliphatic hydroxyl groups is 1. The molecule has 10 heavy (non-hydrogen) atoms. The molecular formula is C9H16O. The van der Waals surface area contributed by atoms with Crippen LogP contribution in [0.2, 0.25) is 0 Å². The third kappa shape index (κ3) is 1.60. The maximum atomic E-state index is 8.95. The summed E-state index contributed by atoms with van der Waals surface area (Å²) in [6.07, 6.45) is 7.08. The van der Waals surface area contributed by atoms with Gasteiger partial charge in [-0.25, -0.2) is 0 Å². The fourth-order valence-electron chi connectivity index (χ4n) is 1.65. The first kappa shape index (κ1) is 7.80. The zero-order valence-corrected chi connectivity index (χ0v) is 6.64. The summed E-state index contributed by atoms with van der Waals surface area (Å²) in [6, 6.07) is 0. The Morgan fingerprint density at radius 1 is 1.70 bits per heavy atom. The Bertz CT molecular complexity index is 127. The van der Waals surface area contributed by atoms with Crippen LogP contribution in [0.25, 0.3) is 0 Å². The standard InChI is InChI=1S/C9H16O/c1-2-8-5-3-4-6-9(8)7-10/h5,9-10H,2-4,6-7H2,1H3. The monoisotopic (exact) mass is 140 g/mol. The Morgan fingerprint density at radius 2 is 2.50 bits per heavy atom. The molecule has 1 atom stereocenters. The van der Waals surface area contributed by atoms with Crippen LogP contribution in [0.5, 0.6) is 0 Å². The molecule has 1 aliphatic carbocycles. The van der Waals surface area contributed by atoms with Crippen molar-refractivity contribution in [3.63, 3.8) is 0 Å². The highest BCUT2D eigenvalue weighted by Gasteiger charge is 2.14. The summed E-state index contributed by atoms with van der Waals surface area (Å²) in [5.74, 6) is 0.485. The molecule has 0 saturated heterocycles. The quantitative estimate of drug-likeness (QED) is 0.582. The van der Waals surface area contributed by atoms with E-state index >= 15 is 0 Å². The lowest BCUT2D eigenvalue weighted by atomic mass is 9.87. The molecule has 0 spiro atoms. The van der Waals surface area contributed by atoms with Gasteiger partial charge in [0.05, 0.1) is 0 Å². The van der Waals surface area contributed by atoms with Gasteiger partial charge in [0.15, 0.2) is 0 Å². The van der Waals surface area contributed by atoms with Crippen LogP contribution in [0.4, 0.5) is 0 Å². The van der Waals surface area contributed by atoms with Gasteiger partial charge in [-0.05, 0) is 25.7 Å². The van der Waals surface area contributed by atoms with E-state index in [1.807, 2.05) is 0 Å². The minimum Gasteiger partial charge on any atom is -0.396 e. The van der Waals surface area contributed by atoms with Gasteiger partial charge in [0.2, 0.25) is 0 Å². The van der Waals surface area contributed by atoms with Crippen molar-refractivity contribution in [2.24, 2.45) is 5.92 Å². The van der Waals surface area contributed by atoms with Gasteiger partial charge in [-0.2, -0.15) is 0 Å². The van der Waals surface area contributed by atoms with Gasteiger partial charge in [0, 0.05) is 12.5 Å². The first-order valence-electron chi connectivity index (χ1n) is 4.18. The average molecular weight is 140 g/mol. The van der Waals surface area contributed by atoms with E-state index in [1.165, 1.54) is 24.8 Å². The molecule has 58 valence electrons. The molecule has 0 amide bonds. The second-order valence-electron chi connectivity index (χ2n) is 2.94. The SMILES string of the molecule is CCC1=CCCCC1CO. The smallest absolute Gasteiger partial charge is 0.0496 e. The van der Waals surface area contributed by atoms with Crippen LogP contribution in [0.15, 0.2) is 11.6 Å². The molecule has 0 aromatic heterocycles. The topological polar surface area (TPSA) is 20.2 Å². The predicted molar refractivity (Wildman–Crippen MR) is 42.8 cm³/mol. The number of hydrogen-bond donors (Lipinski definition) is 1. The summed E-state index contributed by atoms with van der Waals surface area (Å²) >= 11 is 0. The summed E-state index contributed by atoms with van der Waals surface area (Å²) in [5, 5.41) is 8.95. The highest BCUT2D eigenvalue weighted by Crippen LogP contribution is 2.25. The van der Waals surface area contributed by atoms with Crippen LogP contribution >= 0.6 is 0 Å². The Kier molecular flexibility index (Phi) is 2.94. The lowest BCUT2D eigenvalue weighted by molar-refractivity contribution is 0.231. The molecule has 1 N–H and O–H groups in total. The molecule has 0 saturated carbocycles. The van der Waals surface area contributed by atoms with Gasteiger partial charge in [0.1, 0.15) is 0 Å². The van der Waals surface area contributed by atoms with Gasteiger partial charge in [-0.3, -0.25) is 0 Å². The number of rotatable bonds is 2. The van der Waals surface area contributed by atoms with Crippen molar-refractivity contribution < 1.29 is 5.11 Å². The molecule has 0 heterocycles. The lowest BCUT2D eigenvalue weighted by Crippen LogP contribution is -2.12. The van der Waals surface area contributed by atoms with E-state index < -0.39 is 0 Å². The summed E-state index contributed by atoms with van der Waals surface area (Å²) in [4.78, 5) is 0. The minimum absolute atomic E-state index is 0.347. The molecule has 0 aromatic rings. The van der Waals surface area contributed by atoms with Crippen molar-refractivity contribution in [2.75, 3.05) is 6.61 Å². The van der Waals surface area contributed by atoms with E-state index in [0.717, 1.165) is 6.42 Å². The highest BCUT2D eigenvalue weighted by molar-refractivity contribution is 5.09. The fraction of sp³-hybridized carbons (Fsp3) is 0.778. The molecule has 1 rings (SSSR count). The molecule has 1 unspecified atom stereocenters. The molecule has 1 nitrogen and oxygen atoms in total. The Balaban J connectivity index is 2.53. The van der Waals surface area contributed by atoms with Crippen LogP contribution < -0.4 is 0 Å². The summed E-state index contributed by atoms with van der Waals surface area (Å²) in [5.41, 5.74) is 1.47. The van der Waals surface area contributed by atoms with Crippen molar-refractivity contribution in [3.8, 4) is 0 Å². The zero-order valence-electron chi connectivity index (χ0n) is 6.64. The van der Waals surface area contributed by atoms with Crippen molar-refractivity contribution >= 4 is 0 Å². The van der Waals surface area contributed by atoms with E-state index in [9.17, 15) is 0 Å². The lowest BCUT2D eigenvalue weighted by Gasteiger charge is -2.20.